The molecule has 6 nitrogen and oxygen atoms in total. The lowest BCUT2D eigenvalue weighted by molar-refractivity contribution is 0.312. The Morgan fingerprint density at radius 2 is 1.84 bits per heavy atom. The summed E-state index contributed by atoms with van der Waals surface area (Å²) in [5.41, 5.74) is 0.985. The Bertz CT molecular complexity index is 686. The summed E-state index contributed by atoms with van der Waals surface area (Å²) in [5.74, 6) is 2.68. The molecule has 1 aromatic carbocycles. The van der Waals surface area contributed by atoms with Crippen LogP contribution in [-0.2, 0) is 0 Å². The number of nitrogens with zero attached hydrogens (tertiary/aromatic N) is 4. The van der Waals surface area contributed by atoms with E-state index in [4.69, 9.17) is 4.74 Å². The number of ether oxygens (including phenoxy) is 1. The van der Waals surface area contributed by atoms with Crippen LogP contribution in [0.1, 0.15) is 6.92 Å². The molecule has 2 aromatic rings. The summed E-state index contributed by atoms with van der Waals surface area (Å²) in [6.07, 6.45) is 2.00. The van der Waals surface area contributed by atoms with Crippen molar-refractivity contribution in [2.24, 2.45) is 0 Å². The van der Waals surface area contributed by atoms with E-state index in [2.05, 4.69) is 32.1 Å². The van der Waals surface area contributed by atoms with Crippen LogP contribution >= 0.6 is 11.8 Å². The van der Waals surface area contributed by atoms with E-state index >= 15 is 0 Å². The maximum atomic E-state index is 5.49. The number of hydrogen-bond donors (Lipinski definition) is 1. The number of benzene rings is 1. The van der Waals surface area contributed by atoms with Gasteiger partial charge in [-0.05, 0) is 44.5 Å². The lowest BCUT2D eigenvalue weighted by Gasteiger charge is -2.33. The maximum Gasteiger partial charge on any atom is 0.191 e. The smallest absolute Gasteiger partial charge is 0.191 e. The number of piperazine rings is 1. The van der Waals surface area contributed by atoms with Gasteiger partial charge in [0.2, 0.25) is 0 Å². The van der Waals surface area contributed by atoms with E-state index in [-0.39, 0.29) is 0 Å². The Hall–Kier alpha value is -1.99. The first-order chi connectivity index (χ1) is 12.2. The maximum absolute atomic E-state index is 5.49. The molecular weight excluding hydrogens is 334 g/mol. The van der Waals surface area contributed by atoms with Crippen molar-refractivity contribution in [2.45, 2.75) is 12.1 Å². The summed E-state index contributed by atoms with van der Waals surface area (Å²) < 4.78 is 5.49. The third-order valence-electron chi connectivity index (χ3n) is 4.14. The van der Waals surface area contributed by atoms with Gasteiger partial charge in [0.1, 0.15) is 17.4 Å². The van der Waals surface area contributed by atoms with Gasteiger partial charge in [-0.1, -0.05) is 11.8 Å². The minimum Gasteiger partial charge on any atom is -0.494 e. The number of thioether (sulfide) groups is 1. The zero-order valence-electron chi connectivity index (χ0n) is 15.0. The molecule has 25 heavy (non-hydrogen) atoms. The molecule has 0 unspecified atom stereocenters. The van der Waals surface area contributed by atoms with E-state index in [0.717, 1.165) is 54.4 Å². The van der Waals surface area contributed by atoms with Crippen molar-refractivity contribution in [3.05, 3.63) is 30.3 Å². The van der Waals surface area contributed by atoms with E-state index in [9.17, 15) is 0 Å². The first-order valence-corrected chi connectivity index (χ1v) is 9.77. The first kappa shape index (κ1) is 17.8. The van der Waals surface area contributed by atoms with Crippen LogP contribution in [0.3, 0.4) is 0 Å². The monoisotopic (exact) mass is 359 g/mol. The molecule has 1 N–H and O–H groups in total. The second kappa shape index (κ2) is 8.40. The largest absolute Gasteiger partial charge is 0.494 e. The van der Waals surface area contributed by atoms with E-state index in [1.165, 1.54) is 0 Å². The molecule has 0 atom stereocenters. The van der Waals surface area contributed by atoms with Crippen LogP contribution in [0.5, 0.6) is 5.75 Å². The lowest BCUT2D eigenvalue weighted by atomic mass is 10.3. The fourth-order valence-electron chi connectivity index (χ4n) is 2.71. The zero-order valence-corrected chi connectivity index (χ0v) is 15.8. The van der Waals surface area contributed by atoms with E-state index < -0.39 is 0 Å². The van der Waals surface area contributed by atoms with Crippen LogP contribution in [0, 0.1) is 0 Å². The average Bonchev–Trinajstić information content (AvgIpc) is 2.64. The fourth-order valence-corrected chi connectivity index (χ4v) is 3.09. The van der Waals surface area contributed by atoms with Crippen LogP contribution in [0.15, 0.2) is 35.5 Å². The standard InChI is InChI=1S/C18H25N5OS/c1-4-24-15-7-5-14(6-8-15)19-16-13-17(21-18(20-16)25-3)23-11-9-22(2)10-12-23/h5-8,13H,4,9-12H2,1-3H3,(H,19,20,21). The molecule has 2 heterocycles. The molecule has 1 aromatic heterocycles. The number of hydrogen-bond acceptors (Lipinski definition) is 7. The van der Waals surface area contributed by atoms with E-state index in [1.54, 1.807) is 11.8 Å². The van der Waals surface area contributed by atoms with Crippen molar-refractivity contribution in [1.82, 2.24) is 14.9 Å². The van der Waals surface area contributed by atoms with Gasteiger partial charge in [-0.2, -0.15) is 0 Å². The molecule has 0 aliphatic carbocycles. The van der Waals surface area contributed by atoms with Gasteiger partial charge in [0.05, 0.1) is 6.61 Å². The Morgan fingerprint density at radius 3 is 2.48 bits per heavy atom. The highest BCUT2D eigenvalue weighted by atomic mass is 32.2. The van der Waals surface area contributed by atoms with Gasteiger partial charge in [0, 0.05) is 37.9 Å². The van der Waals surface area contributed by atoms with Crippen LogP contribution < -0.4 is 15.0 Å². The highest BCUT2D eigenvalue weighted by Gasteiger charge is 2.17. The molecule has 1 saturated heterocycles. The second-order valence-electron chi connectivity index (χ2n) is 5.97. The topological polar surface area (TPSA) is 53.5 Å². The minimum absolute atomic E-state index is 0.671. The molecule has 3 rings (SSSR count). The van der Waals surface area contributed by atoms with Crippen molar-refractivity contribution in [1.29, 1.82) is 0 Å². The third kappa shape index (κ3) is 4.76. The van der Waals surface area contributed by atoms with Crippen LogP contribution in [0.2, 0.25) is 0 Å². The Balaban J connectivity index is 1.77. The SMILES string of the molecule is CCOc1ccc(Nc2cc(N3CCN(C)CC3)nc(SC)n2)cc1. The van der Waals surface area contributed by atoms with Gasteiger partial charge in [-0.25, -0.2) is 9.97 Å². The summed E-state index contributed by atoms with van der Waals surface area (Å²) in [4.78, 5) is 13.9. The Kier molecular flexibility index (Phi) is 5.99. The molecular formula is C18H25N5OS. The molecule has 7 heteroatoms. The number of likely N-dealkylation sites (N-methyl/N-ethyl adjacent to an activating group) is 1. The highest BCUT2D eigenvalue weighted by Crippen LogP contribution is 2.25. The fraction of sp³-hybridized carbons (Fsp3) is 0.444. The highest BCUT2D eigenvalue weighted by molar-refractivity contribution is 7.98. The Labute approximate surface area is 153 Å². The van der Waals surface area contributed by atoms with Gasteiger partial charge in [0.25, 0.3) is 0 Å². The molecule has 0 bridgehead atoms. The number of rotatable bonds is 6. The number of aromatic nitrogens is 2. The predicted octanol–water partition coefficient (Wildman–Crippen LogP) is 3.09. The van der Waals surface area contributed by atoms with Crippen molar-refractivity contribution in [2.75, 3.05) is 56.3 Å². The van der Waals surface area contributed by atoms with Crippen LogP contribution in [0.25, 0.3) is 0 Å². The second-order valence-corrected chi connectivity index (χ2v) is 6.74. The molecule has 0 radical (unpaired) electrons. The van der Waals surface area contributed by atoms with Gasteiger partial charge >= 0.3 is 0 Å². The van der Waals surface area contributed by atoms with Crippen LogP contribution in [-0.4, -0.2) is 61.0 Å². The zero-order chi connectivity index (χ0) is 17.6. The van der Waals surface area contributed by atoms with Gasteiger partial charge in [-0.3, -0.25) is 0 Å². The average molecular weight is 359 g/mol. The summed E-state index contributed by atoms with van der Waals surface area (Å²) in [7, 11) is 2.16. The number of anilines is 3. The molecule has 1 aliphatic rings. The van der Waals surface area contributed by atoms with Gasteiger partial charge in [-0.15, -0.1) is 0 Å². The summed E-state index contributed by atoms with van der Waals surface area (Å²) in [6.45, 7) is 6.75. The molecule has 0 saturated carbocycles. The van der Waals surface area contributed by atoms with Crippen molar-refractivity contribution in [3.8, 4) is 5.75 Å². The van der Waals surface area contributed by atoms with E-state index in [0.29, 0.717) is 6.61 Å². The van der Waals surface area contributed by atoms with Crippen molar-refractivity contribution >= 4 is 29.1 Å². The first-order valence-electron chi connectivity index (χ1n) is 8.54. The normalized spacial score (nSPS) is 15.2. The van der Waals surface area contributed by atoms with Crippen molar-refractivity contribution in [3.63, 3.8) is 0 Å². The minimum atomic E-state index is 0.671. The predicted molar refractivity (Wildman–Crippen MR) is 104 cm³/mol. The van der Waals surface area contributed by atoms with Crippen molar-refractivity contribution < 1.29 is 4.74 Å². The third-order valence-corrected chi connectivity index (χ3v) is 4.69. The summed E-state index contributed by atoms with van der Waals surface area (Å²) in [5, 5.41) is 4.16. The number of nitrogens with one attached hydrogen (secondary N) is 1. The van der Waals surface area contributed by atoms with Crippen LogP contribution in [0.4, 0.5) is 17.3 Å². The summed E-state index contributed by atoms with van der Waals surface area (Å²) in [6, 6.07) is 9.96. The molecule has 0 spiro atoms. The van der Waals surface area contributed by atoms with Gasteiger partial charge in [0.15, 0.2) is 5.16 Å². The van der Waals surface area contributed by atoms with E-state index in [1.807, 2.05) is 43.5 Å². The lowest BCUT2D eigenvalue weighted by Crippen LogP contribution is -2.44. The summed E-state index contributed by atoms with van der Waals surface area (Å²) >= 11 is 1.56. The molecule has 134 valence electrons. The molecule has 0 amide bonds. The Morgan fingerprint density at radius 1 is 1.12 bits per heavy atom. The molecule has 1 fully saturated rings. The quantitative estimate of drug-likeness (QED) is 0.628. The molecule has 1 aliphatic heterocycles. The van der Waals surface area contributed by atoms with Gasteiger partial charge < -0.3 is 19.9 Å².